The summed E-state index contributed by atoms with van der Waals surface area (Å²) in [6.07, 6.45) is 2.01. The van der Waals surface area contributed by atoms with Crippen molar-refractivity contribution in [2.45, 2.75) is 13.0 Å². The van der Waals surface area contributed by atoms with Gasteiger partial charge < -0.3 is 15.8 Å². The van der Waals surface area contributed by atoms with Gasteiger partial charge in [0, 0.05) is 23.5 Å². The Balaban J connectivity index is 2.81. The molecule has 1 aromatic rings. The van der Waals surface area contributed by atoms with Crippen LogP contribution in [-0.2, 0) is 0 Å². The molecular weight excluding hydrogens is 236 g/mol. The SMILES string of the molecule is COc1cc(N)ccc1C(=O)NC(C)CSC. The Morgan fingerprint density at radius 3 is 2.88 bits per heavy atom. The Hall–Kier alpha value is -1.36. The van der Waals surface area contributed by atoms with Crippen molar-refractivity contribution in [1.82, 2.24) is 5.32 Å². The molecule has 0 radical (unpaired) electrons. The number of carbonyl (C=O) groups is 1. The number of nitrogens with two attached hydrogens (primary N) is 1. The maximum Gasteiger partial charge on any atom is 0.255 e. The van der Waals surface area contributed by atoms with E-state index < -0.39 is 0 Å². The van der Waals surface area contributed by atoms with Gasteiger partial charge in [0.1, 0.15) is 5.75 Å². The third-order valence-corrected chi connectivity index (χ3v) is 3.10. The second kappa shape index (κ2) is 6.39. The highest BCUT2D eigenvalue weighted by atomic mass is 32.2. The summed E-state index contributed by atoms with van der Waals surface area (Å²) in [5.74, 6) is 1.24. The summed E-state index contributed by atoms with van der Waals surface area (Å²) in [5, 5.41) is 2.91. The van der Waals surface area contributed by atoms with Crippen LogP contribution in [-0.4, -0.2) is 31.1 Å². The van der Waals surface area contributed by atoms with Crippen molar-refractivity contribution in [3.63, 3.8) is 0 Å². The second-order valence-electron chi connectivity index (χ2n) is 3.79. The Labute approximate surface area is 106 Å². The van der Waals surface area contributed by atoms with Gasteiger partial charge in [-0.05, 0) is 25.3 Å². The molecule has 4 nitrogen and oxygen atoms in total. The summed E-state index contributed by atoms with van der Waals surface area (Å²) >= 11 is 1.69. The average molecular weight is 254 g/mol. The van der Waals surface area contributed by atoms with Gasteiger partial charge in [-0.3, -0.25) is 4.79 Å². The molecule has 1 unspecified atom stereocenters. The highest BCUT2D eigenvalue weighted by Crippen LogP contribution is 2.21. The van der Waals surface area contributed by atoms with Crippen LogP contribution < -0.4 is 15.8 Å². The number of benzene rings is 1. The molecule has 5 heteroatoms. The number of carbonyl (C=O) groups excluding carboxylic acids is 1. The van der Waals surface area contributed by atoms with Gasteiger partial charge in [-0.15, -0.1) is 0 Å². The van der Waals surface area contributed by atoms with E-state index in [2.05, 4.69) is 5.32 Å². The number of rotatable bonds is 5. The van der Waals surface area contributed by atoms with Crippen LogP contribution in [0.4, 0.5) is 5.69 Å². The van der Waals surface area contributed by atoms with Crippen LogP contribution in [0.1, 0.15) is 17.3 Å². The number of thioether (sulfide) groups is 1. The predicted molar refractivity (Wildman–Crippen MR) is 72.7 cm³/mol. The zero-order valence-corrected chi connectivity index (χ0v) is 11.1. The van der Waals surface area contributed by atoms with Crippen LogP contribution >= 0.6 is 11.8 Å². The lowest BCUT2D eigenvalue weighted by atomic mass is 10.1. The third kappa shape index (κ3) is 3.85. The summed E-state index contributed by atoms with van der Waals surface area (Å²) in [6, 6.07) is 5.14. The van der Waals surface area contributed by atoms with E-state index in [-0.39, 0.29) is 11.9 Å². The van der Waals surface area contributed by atoms with E-state index in [1.807, 2.05) is 13.2 Å². The first kappa shape index (κ1) is 13.7. The molecule has 1 aromatic carbocycles. The van der Waals surface area contributed by atoms with E-state index in [1.165, 1.54) is 7.11 Å². The molecule has 0 spiro atoms. The maximum absolute atomic E-state index is 12.0. The lowest BCUT2D eigenvalue weighted by Crippen LogP contribution is -2.34. The minimum atomic E-state index is -0.136. The largest absolute Gasteiger partial charge is 0.496 e. The smallest absolute Gasteiger partial charge is 0.255 e. The average Bonchev–Trinajstić information content (AvgIpc) is 2.28. The molecule has 3 N–H and O–H groups in total. The number of hydrogen-bond donors (Lipinski definition) is 2. The number of methoxy groups -OCH3 is 1. The fraction of sp³-hybridized carbons (Fsp3) is 0.417. The van der Waals surface area contributed by atoms with Gasteiger partial charge in [0.2, 0.25) is 0 Å². The highest BCUT2D eigenvalue weighted by molar-refractivity contribution is 7.98. The third-order valence-electron chi connectivity index (χ3n) is 2.26. The summed E-state index contributed by atoms with van der Waals surface area (Å²) in [5.41, 5.74) is 6.73. The first-order valence-corrected chi connectivity index (χ1v) is 6.71. The van der Waals surface area contributed by atoms with Crippen molar-refractivity contribution in [2.24, 2.45) is 0 Å². The van der Waals surface area contributed by atoms with Crippen molar-refractivity contribution >= 4 is 23.4 Å². The van der Waals surface area contributed by atoms with Crippen molar-refractivity contribution in [1.29, 1.82) is 0 Å². The lowest BCUT2D eigenvalue weighted by Gasteiger charge is -2.14. The molecule has 1 amide bonds. The minimum absolute atomic E-state index is 0.125. The summed E-state index contributed by atoms with van der Waals surface area (Å²) in [4.78, 5) is 12.0. The van der Waals surface area contributed by atoms with E-state index in [9.17, 15) is 4.79 Å². The summed E-state index contributed by atoms with van der Waals surface area (Å²) < 4.78 is 5.14. The summed E-state index contributed by atoms with van der Waals surface area (Å²) in [6.45, 7) is 1.97. The molecule has 0 aliphatic heterocycles. The Morgan fingerprint density at radius 2 is 2.29 bits per heavy atom. The number of nitrogen functional groups attached to an aromatic ring is 1. The van der Waals surface area contributed by atoms with Gasteiger partial charge >= 0.3 is 0 Å². The molecule has 1 atom stereocenters. The monoisotopic (exact) mass is 254 g/mol. The van der Waals surface area contributed by atoms with E-state index >= 15 is 0 Å². The fourth-order valence-corrected chi connectivity index (χ4v) is 2.07. The van der Waals surface area contributed by atoms with Crippen LogP contribution in [0.3, 0.4) is 0 Å². The number of ether oxygens (including phenoxy) is 1. The Morgan fingerprint density at radius 1 is 1.59 bits per heavy atom. The fourth-order valence-electron chi connectivity index (χ4n) is 1.49. The van der Waals surface area contributed by atoms with Gasteiger partial charge in [-0.25, -0.2) is 0 Å². The minimum Gasteiger partial charge on any atom is -0.496 e. The number of nitrogens with one attached hydrogen (secondary N) is 1. The van der Waals surface area contributed by atoms with Crippen molar-refractivity contribution in [3.8, 4) is 5.75 Å². The first-order valence-electron chi connectivity index (χ1n) is 5.31. The highest BCUT2D eigenvalue weighted by Gasteiger charge is 2.14. The Bertz CT molecular complexity index is 396. The van der Waals surface area contributed by atoms with E-state index in [4.69, 9.17) is 10.5 Å². The van der Waals surface area contributed by atoms with Crippen LogP contribution in [0.2, 0.25) is 0 Å². The molecule has 0 bridgehead atoms. The van der Waals surface area contributed by atoms with E-state index in [0.29, 0.717) is 17.0 Å². The normalized spacial score (nSPS) is 11.9. The molecule has 0 aromatic heterocycles. The second-order valence-corrected chi connectivity index (χ2v) is 4.70. The van der Waals surface area contributed by atoms with Crippen LogP contribution in [0, 0.1) is 0 Å². The zero-order chi connectivity index (χ0) is 12.8. The van der Waals surface area contributed by atoms with Gasteiger partial charge in [0.05, 0.1) is 12.7 Å². The molecular formula is C12H18N2O2S. The zero-order valence-electron chi connectivity index (χ0n) is 10.3. The van der Waals surface area contributed by atoms with E-state index in [1.54, 1.807) is 30.0 Å². The van der Waals surface area contributed by atoms with E-state index in [0.717, 1.165) is 5.75 Å². The van der Waals surface area contributed by atoms with Crippen molar-refractivity contribution in [2.75, 3.05) is 24.9 Å². The van der Waals surface area contributed by atoms with Crippen molar-refractivity contribution in [3.05, 3.63) is 23.8 Å². The first-order chi connectivity index (χ1) is 8.08. The van der Waals surface area contributed by atoms with Crippen LogP contribution in [0.15, 0.2) is 18.2 Å². The van der Waals surface area contributed by atoms with Gasteiger partial charge in [-0.1, -0.05) is 0 Å². The molecule has 0 fully saturated rings. The van der Waals surface area contributed by atoms with Gasteiger partial charge in [0.15, 0.2) is 0 Å². The maximum atomic E-state index is 12.0. The molecule has 94 valence electrons. The van der Waals surface area contributed by atoms with Crippen LogP contribution in [0.25, 0.3) is 0 Å². The standard InChI is InChI=1S/C12H18N2O2S/c1-8(7-17-3)14-12(15)10-5-4-9(13)6-11(10)16-2/h4-6,8H,7,13H2,1-3H3,(H,14,15). The molecule has 0 aliphatic rings. The molecule has 17 heavy (non-hydrogen) atoms. The van der Waals surface area contributed by atoms with Crippen molar-refractivity contribution < 1.29 is 9.53 Å². The van der Waals surface area contributed by atoms with Gasteiger partial charge in [0.25, 0.3) is 5.91 Å². The molecule has 0 heterocycles. The molecule has 1 rings (SSSR count). The quantitative estimate of drug-likeness (QED) is 0.786. The Kier molecular flexibility index (Phi) is 5.15. The number of anilines is 1. The summed E-state index contributed by atoms with van der Waals surface area (Å²) in [7, 11) is 1.52. The van der Waals surface area contributed by atoms with Gasteiger partial charge in [-0.2, -0.15) is 11.8 Å². The van der Waals surface area contributed by atoms with Crippen LogP contribution in [0.5, 0.6) is 5.75 Å². The number of amides is 1. The number of hydrogen-bond acceptors (Lipinski definition) is 4. The lowest BCUT2D eigenvalue weighted by molar-refractivity contribution is 0.0941. The molecule has 0 saturated carbocycles. The predicted octanol–water partition coefficient (Wildman–Crippen LogP) is 1.76. The molecule has 0 aliphatic carbocycles. The topological polar surface area (TPSA) is 64.3 Å². The molecule has 0 saturated heterocycles.